The van der Waals surface area contributed by atoms with Crippen molar-refractivity contribution in [3.8, 4) is 0 Å². The Morgan fingerprint density at radius 1 is 1.12 bits per heavy atom. The molecule has 0 saturated carbocycles. The zero-order chi connectivity index (χ0) is 17.7. The topological polar surface area (TPSA) is 66.5 Å². The molecule has 1 amide bonds. The van der Waals surface area contributed by atoms with Gasteiger partial charge in [-0.05, 0) is 48.0 Å². The number of carbonyl (C=O) groups is 1. The summed E-state index contributed by atoms with van der Waals surface area (Å²) in [6, 6.07) is 13.6. The van der Waals surface area contributed by atoms with Gasteiger partial charge in [0.05, 0.1) is 4.90 Å². The molecule has 0 atom stereocenters. The molecule has 0 aliphatic rings. The number of hydrogen-bond donors (Lipinski definition) is 1. The van der Waals surface area contributed by atoms with Crippen LogP contribution in [0.3, 0.4) is 0 Å². The molecule has 0 heterocycles. The number of rotatable bonds is 5. The summed E-state index contributed by atoms with van der Waals surface area (Å²) in [6.45, 7) is 0. The molecule has 0 aliphatic heterocycles. The summed E-state index contributed by atoms with van der Waals surface area (Å²) in [7, 11) is -0.530. The highest BCUT2D eigenvalue weighted by Crippen LogP contribution is 2.17. The lowest BCUT2D eigenvalue weighted by molar-refractivity contribution is -0.111. The van der Waals surface area contributed by atoms with Gasteiger partial charge in [0, 0.05) is 30.3 Å². The van der Waals surface area contributed by atoms with E-state index < -0.39 is 10.0 Å². The molecule has 0 saturated heterocycles. The Labute approximate surface area is 150 Å². The van der Waals surface area contributed by atoms with Gasteiger partial charge in [-0.25, -0.2) is 12.7 Å². The average Bonchev–Trinajstić information content (AvgIpc) is 2.53. The van der Waals surface area contributed by atoms with E-state index in [2.05, 4.69) is 21.2 Å². The van der Waals surface area contributed by atoms with E-state index >= 15 is 0 Å². The second kappa shape index (κ2) is 7.74. The van der Waals surface area contributed by atoms with E-state index in [4.69, 9.17) is 0 Å². The summed E-state index contributed by atoms with van der Waals surface area (Å²) < 4.78 is 26.0. The molecule has 0 unspecified atom stereocenters. The Morgan fingerprint density at radius 2 is 1.79 bits per heavy atom. The van der Waals surface area contributed by atoms with Gasteiger partial charge >= 0.3 is 0 Å². The quantitative estimate of drug-likeness (QED) is 0.771. The van der Waals surface area contributed by atoms with Crippen molar-refractivity contribution in [1.29, 1.82) is 0 Å². The number of hydrogen-bond acceptors (Lipinski definition) is 3. The summed E-state index contributed by atoms with van der Waals surface area (Å²) in [4.78, 5) is 12.1. The third-order valence-electron chi connectivity index (χ3n) is 3.18. The molecule has 2 rings (SSSR count). The number of carbonyl (C=O) groups excluding carboxylic acids is 1. The standard InChI is InChI=1S/C17H17BrN2O3S/c1-20(2)24(22,23)16-9-7-15(8-10-16)19-17(21)11-6-13-4-3-5-14(18)12-13/h3-12H,1-2H3,(H,19,21)/b11-6+. The van der Waals surface area contributed by atoms with Gasteiger partial charge in [-0.3, -0.25) is 4.79 Å². The van der Waals surface area contributed by atoms with Crippen LogP contribution < -0.4 is 5.32 Å². The van der Waals surface area contributed by atoms with Crippen molar-refractivity contribution in [2.45, 2.75) is 4.90 Å². The Bertz CT molecular complexity index is 860. The Morgan fingerprint density at radius 3 is 2.38 bits per heavy atom. The molecule has 0 aromatic heterocycles. The van der Waals surface area contributed by atoms with Crippen LogP contribution in [0.15, 0.2) is 64.0 Å². The normalized spacial score (nSPS) is 11.8. The van der Waals surface area contributed by atoms with Gasteiger partial charge in [-0.2, -0.15) is 0 Å². The van der Waals surface area contributed by atoms with Crippen molar-refractivity contribution < 1.29 is 13.2 Å². The molecule has 0 aliphatic carbocycles. The third kappa shape index (κ3) is 4.77. The fraction of sp³-hybridized carbons (Fsp3) is 0.118. The maximum absolute atomic E-state index is 12.0. The zero-order valence-corrected chi connectivity index (χ0v) is 15.6. The minimum Gasteiger partial charge on any atom is -0.323 e. The summed E-state index contributed by atoms with van der Waals surface area (Å²) in [5.74, 6) is -0.293. The van der Waals surface area contributed by atoms with Crippen LogP contribution in [0, 0.1) is 0 Å². The first-order valence-corrected chi connectivity index (χ1v) is 9.29. The molecule has 0 fully saturated rings. The molecule has 2 aromatic rings. The fourth-order valence-corrected chi connectivity index (χ4v) is 3.21. The van der Waals surface area contributed by atoms with Crippen molar-refractivity contribution in [2.75, 3.05) is 19.4 Å². The smallest absolute Gasteiger partial charge is 0.248 e. The predicted octanol–water partition coefficient (Wildman–Crippen LogP) is 3.35. The lowest BCUT2D eigenvalue weighted by Crippen LogP contribution is -2.22. The van der Waals surface area contributed by atoms with Gasteiger partial charge in [0.2, 0.25) is 15.9 Å². The number of nitrogens with one attached hydrogen (secondary N) is 1. The molecule has 5 nitrogen and oxygen atoms in total. The highest BCUT2D eigenvalue weighted by Gasteiger charge is 2.16. The number of nitrogens with zero attached hydrogens (tertiary/aromatic N) is 1. The predicted molar refractivity (Wildman–Crippen MR) is 99.1 cm³/mol. The maximum Gasteiger partial charge on any atom is 0.248 e. The van der Waals surface area contributed by atoms with E-state index in [1.807, 2.05) is 24.3 Å². The van der Waals surface area contributed by atoms with E-state index in [9.17, 15) is 13.2 Å². The summed E-state index contributed by atoms with van der Waals surface area (Å²) in [5.41, 5.74) is 1.42. The van der Waals surface area contributed by atoms with E-state index in [1.165, 1.54) is 32.3 Å². The minimum atomic E-state index is -3.47. The highest BCUT2D eigenvalue weighted by molar-refractivity contribution is 9.10. The molecule has 0 bridgehead atoms. The lowest BCUT2D eigenvalue weighted by atomic mass is 10.2. The first kappa shape index (κ1) is 18.4. The average molecular weight is 409 g/mol. The molecule has 24 heavy (non-hydrogen) atoms. The fourth-order valence-electron chi connectivity index (χ4n) is 1.89. The Kier molecular flexibility index (Phi) is 5.93. The number of halogens is 1. The number of benzene rings is 2. The van der Waals surface area contributed by atoms with Gasteiger partial charge in [-0.15, -0.1) is 0 Å². The second-order valence-corrected chi connectivity index (χ2v) is 8.26. The van der Waals surface area contributed by atoms with E-state index in [0.29, 0.717) is 5.69 Å². The first-order valence-electron chi connectivity index (χ1n) is 7.06. The molecule has 7 heteroatoms. The van der Waals surface area contributed by atoms with E-state index in [-0.39, 0.29) is 10.8 Å². The largest absolute Gasteiger partial charge is 0.323 e. The second-order valence-electron chi connectivity index (χ2n) is 5.19. The SMILES string of the molecule is CN(C)S(=O)(=O)c1ccc(NC(=O)/C=C/c2cccc(Br)c2)cc1. The van der Waals surface area contributed by atoms with Crippen molar-refractivity contribution in [3.05, 3.63) is 64.6 Å². The van der Waals surface area contributed by atoms with E-state index in [0.717, 1.165) is 14.3 Å². The van der Waals surface area contributed by atoms with Gasteiger partial charge < -0.3 is 5.32 Å². The van der Waals surface area contributed by atoms with Crippen molar-refractivity contribution in [2.24, 2.45) is 0 Å². The monoisotopic (exact) mass is 408 g/mol. The molecule has 126 valence electrons. The first-order chi connectivity index (χ1) is 11.3. The summed E-state index contributed by atoms with van der Waals surface area (Å²) in [5, 5.41) is 2.69. The Hall–Kier alpha value is -1.96. The van der Waals surface area contributed by atoms with Crippen LogP contribution in [-0.2, 0) is 14.8 Å². The van der Waals surface area contributed by atoms with Crippen molar-refractivity contribution in [3.63, 3.8) is 0 Å². The zero-order valence-electron chi connectivity index (χ0n) is 13.2. The van der Waals surface area contributed by atoms with Gasteiger partial charge in [0.25, 0.3) is 0 Å². The summed E-state index contributed by atoms with van der Waals surface area (Å²) >= 11 is 3.37. The van der Waals surface area contributed by atoms with Crippen molar-refractivity contribution >= 4 is 43.6 Å². The van der Waals surface area contributed by atoms with Crippen LogP contribution in [0.25, 0.3) is 6.08 Å². The van der Waals surface area contributed by atoms with Crippen LogP contribution in [0.1, 0.15) is 5.56 Å². The molecule has 0 radical (unpaired) electrons. The van der Waals surface area contributed by atoms with Crippen LogP contribution in [0.5, 0.6) is 0 Å². The molecule has 1 N–H and O–H groups in total. The number of amides is 1. The van der Waals surface area contributed by atoms with Crippen molar-refractivity contribution in [1.82, 2.24) is 4.31 Å². The summed E-state index contributed by atoms with van der Waals surface area (Å²) in [6.07, 6.45) is 3.12. The lowest BCUT2D eigenvalue weighted by Gasteiger charge is -2.11. The van der Waals surface area contributed by atoms with E-state index in [1.54, 1.807) is 18.2 Å². The van der Waals surface area contributed by atoms with Crippen LogP contribution in [0.2, 0.25) is 0 Å². The molecular weight excluding hydrogens is 392 g/mol. The third-order valence-corrected chi connectivity index (χ3v) is 5.50. The van der Waals surface area contributed by atoms with Crippen LogP contribution >= 0.6 is 15.9 Å². The molecule has 2 aromatic carbocycles. The maximum atomic E-state index is 12.0. The van der Waals surface area contributed by atoms with Crippen LogP contribution in [0.4, 0.5) is 5.69 Å². The number of anilines is 1. The van der Waals surface area contributed by atoms with Crippen LogP contribution in [-0.4, -0.2) is 32.7 Å². The minimum absolute atomic E-state index is 0.176. The number of sulfonamides is 1. The molecule has 0 spiro atoms. The van der Waals surface area contributed by atoms with Gasteiger partial charge in [0.1, 0.15) is 0 Å². The van der Waals surface area contributed by atoms with Gasteiger partial charge in [0.15, 0.2) is 0 Å². The molecular formula is C17H17BrN2O3S. The highest BCUT2D eigenvalue weighted by atomic mass is 79.9. The van der Waals surface area contributed by atoms with Gasteiger partial charge in [-0.1, -0.05) is 28.1 Å². The Balaban J connectivity index is 2.05.